The summed E-state index contributed by atoms with van der Waals surface area (Å²) in [6, 6.07) is 13.3. The molecule has 0 aromatic heterocycles. The summed E-state index contributed by atoms with van der Waals surface area (Å²) in [6.07, 6.45) is 8.02. The van der Waals surface area contributed by atoms with E-state index in [4.69, 9.17) is 9.47 Å². The molecule has 1 aliphatic heterocycles. The number of nitrogens with zero attached hydrogens (tertiary/aromatic N) is 1. The lowest BCUT2D eigenvalue weighted by molar-refractivity contribution is -0.149. The highest BCUT2D eigenvalue weighted by atomic mass is 16.5. The van der Waals surface area contributed by atoms with Crippen LogP contribution in [0.15, 0.2) is 36.4 Å². The Kier molecular flexibility index (Phi) is 7.40. The Hall–Kier alpha value is -2.07. The van der Waals surface area contributed by atoms with Gasteiger partial charge in [-0.25, -0.2) is 0 Å². The van der Waals surface area contributed by atoms with E-state index in [2.05, 4.69) is 55.1 Å². The molecule has 0 amide bonds. The molecule has 0 atom stereocenters. The number of esters is 1. The Morgan fingerprint density at radius 3 is 2.41 bits per heavy atom. The van der Waals surface area contributed by atoms with E-state index in [1.165, 1.54) is 29.2 Å². The smallest absolute Gasteiger partial charge is 0.309 e. The Balaban J connectivity index is 1.28. The van der Waals surface area contributed by atoms with Crippen LogP contribution in [0.3, 0.4) is 0 Å². The molecule has 0 unspecified atom stereocenters. The van der Waals surface area contributed by atoms with Crippen LogP contribution < -0.4 is 4.74 Å². The molecule has 1 saturated carbocycles. The number of ether oxygens (including phenoxy) is 2. The molecule has 4 heteroatoms. The predicted octanol–water partition coefficient (Wildman–Crippen LogP) is 6.01. The fraction of sp³-hybridized carbons (Fsp3) is 0.607. The predicted molar refractivity (Wildman–Crippen MR) is 130 cm³/mol. The number of fused-ring (bicyclic) bond motifs is 1. The van der Waals surface area contributed by atoms with Gasteiger partial charge in [0.15, 0.2) is 0 Å². The molecule has 4 rings (SSSR count). The average Bonchev–Trinajstić information content (AvgIpc) is 2.79. The Labute approximate surface area is 193 Å². The minimum Gasteiger partial charge on any atom is -0.490 e. The highest BCUT2D eigenvalue weighted by molar-refractivity contribution is 5.84. The summed E-state index contributed by atoms with van der Waals surface area (Å²) in [6.45, 7) is 10.1. The van der Waals surface area contributed by atoms with Crippen LogP contribution >= 0.6 is 0 Å². The van der Waals surface area contributed by atoms with Crippen molar-refractivity contribution in [3.05, 3.63) is 42.0 Å². The van der Waals surface area contributed by atoms with Crippen molar-refractivity contribution in [3.63, 3.8) is 0 Å². The van der Waals surface area contributed by atoms with Crippen LogP contribution in [-0.2, 0) is 16.0 Å². The van der Waals surface area contributed by atoms with E-state index >= 15 is 0 Å². The monoisotopic (exact) mass is 437 g/mol. The number of benzene rings is 2. The van der Waals surface area contributed by atoms with E-state index in [0.717, 1.165) is 57.5 Å². The molecule has 1 heterocycles. The number of piperidine rings is 1. The fourth-order valence-corrected chi connectivity index (χ4v) is 5.12. The van der Waals surface area contributed by atoms with E-state index in [1.54, 1.807) is 0 Å². The second-order valence-electron chi connectivity index (χ2n) is 10.4. The molecular formula is C28H39NO3. The molecule has 4 nitrogen and oxygen atoms in total. The van der Waals surface area contributed by atoms with Gasteiger partial charge in [0.25, 0.3) is 0 Å². The molecule has 2 aromatic rings. The zero-order chi connectivity index (χ0) is 22.6. The van der Waals surface area contributed by atoms with Crippen LogP contribution in [0, 0.1) is 11.3 Å². The van der Waals surface area contributed by atoms with Gasteiger partial charge in [-0.15, -0.1) is 0 Å². The number of rotatable bonds is 7. The summed E-state index contributed by atoms with van der Waals surface area (Å²) < 4.78 is 11.5. The maximum absolute atomic E-state index is 11.9. The summed E-state index contributed by atoms with van der Waals surface area (Å²) in [5.41, 5.74) is 1.84. The number of hydrogen-bond acceptors (Lipinski definition) is 4. The summed E-state index contributed by atoms with van der Waals surface area (Å²) in [5, 5.41) is 2.53. The molecule has 2 aliphatic rings. The number of likely N-dealkylation sites (tertiary alicyclic amines) is 1. The lowest BCUT2D eigenvalue weighted by Gasteiger charge is -2.34. The molecule has 2 aromatic carbocycles. The van der Waals surface area contributed by atoms with Gasteiger partial charge in [-0.2, -0.15) is 0 Å². The molecular weight excluding hydrogens is 398 g/mol. The highest BCUT2D eigenvalue weighted by Gasteiger charge is 2.28. The van der Waals surface area contributed by atoms with Crippen molar-refractivity contribution in [1.82, 2.24) is 4.90 Å². The minimum absolute atomic E-state index is 0.0163. The first kappa shape index (κ1) is 23.1. The second-order valence-corrected chi connectivity index (χ2v) is 10.4. The molecule has 1 saturated heterocycles. The average molecular weight is 438 g/mol. The third-order valence-electron chi connectivity index (χ3n) is 7.39. The molecule has 0 N–H and O–H groups in total. The third kappa shape index (κ3) is 6.04. The zero-order valence-electron chi connectivity index (χ0n) is 20.1. The van der Waals surface area contributed by atoms with Crippen molar-refractivity contribution in [3.8, 4) is 5.75 Å². The summed E-state index contributed by atoms with van der Waals surface area (Å²) in [5.74, 6) is 1.07. The lowest BCUT2D eigenvalue weighted by atomic mass is 9.76. The molecule has 2 fully saturated rings. The number of carbonyl (C=O) groups excluding carboxylic acids is 1. The summed E-state index contributed by atoms with van der Waals surface area (Å²) in [4.78, 5) is 14.4. The van der Waals surface area contributed by atoms with Crippen molar-refractivity contribution in [2.45, 2.75) is 71.8 Å². The van der Waals surface area contributed by atoms with Gasteiger partial charge in [0.2, 0.25) is 0 Å². The summed E-state index contributed by atoms with van der Waals surface area (Å²) in [7, 11) is 0. The quantitative estimate of drug-likeness (QED) is 0.498. The van der Waals surface area contributed by atoms with Gasteiger partial charge in [-0.1, -0.05) is 38.1 Å². The van der Waals surface area contributed by atoms with Gasteiger partial charge in [0.05, 0.1) is 18.6 Å². The van der Waals surface area contributed by atoms with Crippen molar-refractivity contribution in [2.24, 2.45) is 11.3 Å². The standard InChI is InChI=1S/C28H39NO3/c1-4-31-27(30)22-12-17-29(18-13-22)16-11-21-5-6-24-20-26(8-7-23(24)19-21)32-25-9-14-28(2,3)15-10-25/h5-8,19-20,22,25H,4,9-18H2,1-3H3. The van der Waals surface area contributed by atoms with E-state index < -0.39 is 0 Å². The van der Waals surface area contributed by atoms with Crippen LogP contribution in [0.4, 0.5) is 0 Å². The molecule has 0 radical (unpaired) electrons. The van der Waals surface area contributed by atoms with Crippen molar-refractivity contribution in [1.29, 1.82) is 0 Å². The minimum atomic E-state index is -0.0163. The van der Waals surface area contributed by atoms with Crippen LogP contribution in [0.1, 0.15) is 64.9 Å². The molecule has 0 spiro atoms. The Morgan fingerprint density at radius 2 is 1.69 bits per heavy atom. The molecule has 1 aliphatic carbocycles. The first-order chi connectivity index (χ1) is 15.4. The van der Waals surface area contributed by atoms with Gasteiger partial charge in [0, 0.05) is 6.54 Å². The van der Waals surface area contributed by atoms with Crippen molar-refractivity contribution >= 4 is 16.7 Å². The normalized spacial score (nSPS) is 20.3. The van der Waals surface area contributed by atoms with Crippen LogP contribution in [-0.4, -0.2) is 43.2 Å². The van der Waals surface area contributed by atoms with Crippen LogP contribution in [0.5, 0.6) is 5.75 Å². The summed E-state index contributed by atoms with van der Waals surface area (Å²) >= 11 is 0. The molecule has 174 valence electrons. The Bertz CT molecular complexity index is 904. The number of carbonyl (C=O) groups is 1. The molecule has 0 bridgehead atoms. The Morgan fingerprint density at radius 1 is 1.00 bits per heavy atom. The largest absolute Gasteiger partial charge is 0.490 e. The van der Waals surface area contributed by atoms with Crippen molar-refractivity contribution in [2.75, 3.05) is 26.2 Å². The van der Waals surface area contributed by atoms with E-state index in [1.807, 2.05) is 6.92 Å². The fourth-order valence-electron chi connectivity index (χ4n) is 5.12. The first-order valence-electron chi connectivity index (χ1n) is 12.5. The SMILES string of the molecule is CCOC(=O)C1CCN(CCc2ccc3cc(OC4CCC(C)(C)CC4)ccc3c2)CC1. The van der Waals surface area contributed by atoms with Gasteiger partial charge in [-0.05, 0) is 98.8 Å². The van der Waals surface area contributed by atoms with Crippen molar-refractivity contribution < 1.29 is 14.3 Å². The van der Waals surface area contributed by atoms with E-state index in [0.29, 0.717) is 18.1 Å². The molecule has 32 heavy (non-hydrogen) atoms. The maximum atomic E-state index is 11.9. The van der Waals surface area contributed by atoms with Crippen LogP contribution in [0.2, 0.25) is 0 Å². The third-order valence-corrected chi connectivity index (χ3v) is 7.39. The number of hydrogen-bond donors (Lipinski definition) is 0. The van der Waals surface area contributed by atoms with Gasteiger partial charge >= 0.3 is 5.97 Å². The second kappa shape index (κ2) is 10.2. The van der Waals surface area contributed by atoms with Crippen LogP contribution in [0.25, 0.3) is 10.8 Å². The first-order valence-corrected chi connectivity index (χ1v) is 12.5. The van der Waals surface area contributed by atoms with Gasteiger partial charge in [0.1, 0.15) is 5.75 Å². The van der Waals surface area contributed by atoms with E-state index in [9.17, 15) is 4.79 Å². The topological polar surface area (TPSA) is 38.8 Å². The highest BCUT2D eigenvalue weighted by Crippen LogP contribution is 2.37. The van der Waals surface area contributed by atoms with E-state index in [-0.39, 0.29) is 11.9 Å². The van der Waals surface area contributed by atoms with Gasteiger partial charge in [-0.3, -0.25) is 4.79 Å². The lowest BCUT2D eigenvalue weighted by Crippen LogP contribution is -2.38. The van der Waals surface area contributed by atoms with Gasteiger partial charge < -0.3 is 14.4 Å². The zero-order valence-corrected chi connectivity index (χ0v) is 20.1. The maximum Gasteiger partial charge on any atom is 0.309 e.